The van der Waals surface area contributed by atoms with Gasteiger partial charge >= 0.3 is 0 Å². The quantitative estimate of drug-likeness (QED) is 0.900. The van der Waals surface area contributed by atoms with Crippen molar-refractivity contribution in [3.05, 3.63) is 12.0 Å². The third kappa shape index (κ3) is 3.05. The van der Waals surface area contributed by atoms with Gasteiger partial charge in [0, 0.05) is 25.8 Å². The van der Waals surface area contributed by atoms with E-state index in [1.807, 2.05) is 18.4 Å². The Bertz CT molecular complexity index is 545. The summed E-state index contributed by atoms with van der Waals surface area (Å²) in [6.07, 6.45) is 4.39. The van der Waals surface area contributed by atoms with Crippen molar-refractivity contribution in [1.29, 1.82) is 0 Å². The van der Waals surface area contributed by atoms with Crippen molar-refractivity contribution in [1.82, 2.24) is 19.2 Å². The van der Waals surface area contributed by atoms with Gasteiger partial charge < -0.3 is 9.88 Å². The first-order valence-corrected chi connectivity index (χ1v) is 8.63. The summed E-state index contributed by atoms with van der Waals surface area (Å²) >= 11 is 0. The van der Waals surface area contributed by atoms with Gasteiger partial charge in [-0.05, 0) is 46.2 Å². The van der Waals surface area contributed by atoms with E-state index in [1.165, 1.54) is 4.31 Å². The summed E-state index contributed by atoms with van der Waals surface area (Å²) in [5.74, 6) is 0.738. The minimum absolute atomic E-state index is 0.0575. The molecule has 1 fully saturated rings. The highest BCUT2D eigenvalue weighted by molar-refractivity contribution is 7.89. The van der Waals surface area contributed by atoms with Gasteiger partial charge in [-0.3, -0.25) is 0 Å². The van der Waals surface area contributed by atoms with Crippen molar-refractivity contribution in [2.75, 3.05) is 20.1 Å². The summed E-state index contributed by atoms with van der Waals surface area (Å²) in [6, 6.07) is 0.0575. The minimum atomic E-state index is -3.49. The Morgan fingerprint density at radius 3 is 2.85 bits per heavy atom. The third-order valence-corrected chi connectivity index (χ3v) is 5.78. The zero-order valence-corrected chi connectivity index (χ0v) is 13.3. The summed E-state index contributed by atoms with van der Waals surface area (Å²) in [5.41, 5.74) is 0. The maximum absolute atomic E-state index is 12.7. The maximum atomic E-state index is 12.7. The second kappa shape index (κ2) is 6.24. The number of nitrogens with one attached hydrogen (secondary N) is 1. The van der Waals surface area contributed by atoms with Gasteiger partial charge in [0.1, 0.15) is 5.82 Å². The number of aryl methyl sites for hydroxylation is 2. The molecule has 0 saturated carbocycles. The van der Waals surface area contributed by atoms with E-state index in [4.69, 9.17) is 0 Å². The van der Waals surface area contributed by atoms with Crippen molar-refractivity contribution >= 4 is 10.0 Å². The van der Waals surface area contributed by atoms with Crippen LogP contribution in [0.2, 0.25) is 0 Å². The van der Waals surface area contributed by atoms with Crippen LogP contribution in [0.3, 0.4) is 0 Å². The van der Waals surface area contributed by atoms with Crippen molar-refractivity contribution in [2.45, 2.75) is 50.7 Å². The number of rotatable bonds is 4. The van der Waals surface area contributed by atoms with E-state index < -0.39 is 10.0 Å². The molecule has 114 valence electrons. The highest BCUT2D eigenvalue weighted by Crippen LogP contribution is 2.21. The van der Waals surface area contributed by atoms with Crippen LogP contribution >= 0.6 is 0 Å². The Kier molecular flexibility index (Phi) is 4.82. The van der Waals surface area contributed by atoms with Crippen LogP contribution in [-0.4, -0.2) is 48.5 Å². The van der Waals surface area contributed by atoms with Crippen LogP contribution in [0, 0.1) is 6.92 Å². The van der Waals surface area contributed by atoms with E-state index in [9.17, 15) is 8.42 Å². The molecular formula is C13H24N4O2S. The molecule has 0 aliphatic carbocycles. The number of imidazole rings is 1. The van der Waals surface area contributed by atoms with Crippen molar-refractivity contribution < 1.29 is 8.42 Å². The summed E-state index contributed by atoms with van der Waals surface area (Å²) in [6.45, 7) is 6.37. The van der Waals surface area contributed by atoms with Crippen LogP contribution in [-0.2, 0) is 16.6 Å². The first kappa shape index (κ1) is 15.5. The summed E-state index contributed by atoms with van der Waals surface area (Å²) in [5, 5.41) is 3.47. The molecule has 20 heavy (non-hydrogen) atoms. The molecule has 1 aromatic rings. The molecule has 1 N–H and O–H groups in total. The van der Waals surface area contributed by atoms with Gasteiger partial charge in [-0.15, -0.1) is 0 Å². The SMILES string of the molecule is CCn1cc(S(=O)(=O)N(C)C2CCCNCC2)nc1C. The second-order valence-corrected chi connectivity index (χ2v) is 7.21. The predicted octanol–water partition coefficient (Wildman–Crippen LogP) is 0.974. The molecule has 1 unspecified atom stereocenters. The molecule has 1 atom stereocenters. The Morgan fingerprint density at radius 2 is 2.20 bits per heavy atom. The van der Waals surface area contributed by atoms with Crippen molar-refractivity contribution in [3.63, 3.8) is 0 Å². The van der Waals surface area contributed by atoms with Crippen LogP contribution in [0.1, 0.15) is 32.0 Å². The fourth-order valence-electron chi connectivity index (χ4n) is 2.63. The fourth-order valence-corrected chi connectivity index (χ4v) is 4.04. The highest BCUT2D eigenvalue weighted by atomic mass is 32.2. The Labute approximate surface area is 121 Å². The molecule has 6 nitrogen and oxygen atoms in total. The van der Waals surface area contributed by atoms with Crippen molar-refractivity contribution in [3.8, 4) is 0 Å². The highest BCUT2D eigenvalue weighted by Gasteiger charge is 2.30. The maximum Gasteiger partial charge on any atom is 0.262 e. The molecule has 1 aromatic heterocycles. The molecule has 0 spiro atoms. The van der Waals surface area contributed by atoms with Crippen LogP contribution in [0.4, 0.5) is 0 Å². The van der Waals surface area contributed by atoms with Gasteiger partial charge in [-0.2, -0.15) is 4.31 Å². The summed E-state index contributed by atoms with van der Waals surface area (Å²) in [4.78, 5) is 4.21. The number of nitrogens with zero attached hydrogens (tertiary/aromatic N) is 3. The first-order chi connectivity index (χ1) is 9.46. The average molecular weight is 300 g/mol. The molecule has 1 aliphatic rings. The molecule has 2 rings (SSSR count). The van der Waals surface area contributed by atoms with E-state index in [1.54, 1.807) is 13.2 Å². The number of sulfonamides is 1. The van der Waals surface area contributed by atoms with Crippen LogP contribution in [0.15, 0.2) is 11.2 Å². The minimum Gasteiger partial charge on any atom is -0.334 e. The van der Waals surface area contributed by atoms with E-state index in [0.717, 1.165) is 44.7 Å². The Hall–Kier alpha value is -0.920. The largest absolute Gasteiger partial charge is 0.334 e. The van der Waals surface area contributed by atoms with E-state index in [0.29, 0.717) is 0 Å². The van der Waals surface area contributed by atoms with Crippen molar-refractivity contribution in [2.24, 2.45) is 0 Å². The van der Waals surface area contributed by atoms with Gasteiger partial charge in [0.15, 0.2) is 5.03 Å². The van der Waals surface area contributed by atoms with Gasteiger partial charge in [0.05, 0.1) is 0 Å². The zero-order valence-electron chi connectivity index (χ0n) is 12.5. The smallest absolute Gasteiger partial charge is 0.262 e. The molecule has 0 aromatic carbocycles. The molecule has 1 aliphatic heterocycles. The lowest BCUT2D eigenvalue weighted by Gasteiger charge is -2.25. The van der Waals surface area contributed by atoms with E-state index >= 15 is 0 Å². The van der Waals surface area contributed by atoms with Gasteiger partial charge in [-0.25, -0.2) is 13.4 Å². The van der Waals surface area contributed by atoms with Gasteiger partial charge in [0.2, 0.25) is 0 Å². The standard InChI is InChI=1S/C13H24N4O2S/c1-4-17-10-13(15-11(17)2)20(18,19)16(3)12-6-5-8-14-9-7-12/h10,12,14H,4-9H2,1-3H3. The molecule has 0 radical (unpaired) electrons. The lowest BCUT2D eigenvalue weighted by molar-refractivity contribution is 0.340. The molecule has 0 bridgehead atoms. The number of hydrogen-bond donors (Lipinski definition) is 1. The lowest BCUT2D eigenvalue weighted by atomic mass is 10.1. The monoisotopic (exact) mass is 300 g/mol. The zero-order chi connectivity index (χ0) is 14.8. The second-order valence-electron chi connectivity index (χ2n) is 5.27. The summed E-state index contributed by atoms with van der Waals surface area (Å²) in [7, 11) is -1.82. The van der Waals surface area contributed by atoms with Crippen LogP contribution < -0.4 is 5.32 Å². The molecule has 7 heteroatoms. The topological polar surface area (TPSA) is 67.2 Å². The lowest BCUT2D eigenvalue weighted by Crippen LogP contribution is -2.37. The first-order valence-electron chi connectivity index (χ1n) is 7.19. The van der Waals surface area contributed by atoms with E-state index in [2.05, 4.69) is 10.3 Å². The average Bonchev–Trinajstić information content (AvgIpc) is 2.65. The van der Waals surface area contributed by atoms with Crippen LogP contribution in [0.25, 0.3) is 0 Å². The Morgan fingerprint density at radius 1 is 1.45 bits per heavy atom. The Balaban J connectivity index is 2.23. The molecule has 1 saturated heterocycles. The molecule has 0 amide bonds. The van der Waals surface area contributed by atoms with Gasteiger partial charge in [0.25, 0.3) is 10.0 Å². The van der Waals surface area contributed by atoms with E-state index in [-0.39, 0.29) is 11.1 Å². The van der Waals surface area contributed by atoms with Crippen LogP contribution in [0.5, 0.6) is 0 Å². The number of hydrogen-bond acceptors (Lipinski definition) is 4. The molecule has 2 heterocycles. The normalized spacial score (nSPS) is 21.1. The predicted molar refractivity (Wildman–Crippen MR) is 78.1 cm³/mol. The number of aromatic nitrogens is 2. The fraction of sp³-hybridized carbons (Fsp3) is 0.769. The van der Waals surface area contributed by atoms with Gasteiger partial charge in [-0.1, -0.05) is 0 Å². The molecular weight excluding hydrogens is 276 g/mol. The third-order valence-electron chi connectivity index (χ3n) is 4.00. The summed E-state index contributed by atoms with van der Waals surface area (Å²) < 4.78 is 28.7.